The van der Waals surface area contributed by atoms with Crippen LogP contribution in [0.4, 0.5) is 0 Å². The van der Waals surface area contributed by atoms with Gasteiger partial charge in [0.05, 0.1) is 0 Å². The van der Waals surface area contributed by atoms with E-state index in [1.165, 1.54) is 0 Å². The van der Waals surface area contributed by atoms with Crippen molar-refractivity contribution in [1.29, 1.82) is 0 Å². The van der Waals surface area contributed by atoms with Gasteiger partial charge in [-0.15, -0.1) is 0 Å². The molecule has 0 fully saturated rings. The van der Waals surface area contributed by atoms with E-state index in [9.17, 15) is 73.2 Å². The van der Waals surface area contributed by atoms with Gasteiger partial charge < -0.3 is 57.2 Å². The first-order valence-electron chi connectivity index (χ1n) is 20.0. The molecule has 0 aromatic rings. The second kappa shape index (κ2) is 32.3. The first-order valence-corrected chi connectivity index (χ1v) is 20.6. The van der Waals surface area contributed by atoms with Crippen LogP contribution in [-0.2, 0) is 52.7 Å². The molecule has 1 unspecified atom stereocenters. The Labute approximate surface area is 354 Å². The standard InChI is InChI=1S/C37H61N6O17P/c44-27(38-21-9-8-10-26(43-61)37(59)60)17-13-22(33(51)52)40-29(46)19-15-24(35(55)56)42-31(48)20-16-25(36(57)58)41-30(47)18-14-23(34(53)54)39-28(45)11-6-4-2-1-3-5-7-12-32(49)50/h22-26,43H,1-21,61H2,(H,38,44)(H,39,45)(H,40,46)(H,41,47)(H,42,48)(H,49,50)(H,51,52)(H,53,54)(H,55,56)(H,57,58)(H,59,60)/t22-,23-,24-,25-,26-/m0/s1. The predicted molar refractivity (Wildman–Crippen MR) is 216 cm³/mol. The zero-order valence-corrected chi connectivity index (χ0v) is 35.1. The van der Waals surface area contributed by atoms with Gasteiger partial charge in [0.15, 0.2) is 0 Å². The number of carbonyl (C=O) groups excluding carboxylic acids is 5. The number of amides is 5. The van der Waals surface area contributed by atoms with Crippen molar-refractivity contribution in [2.75, 3.05) is 6.54 Å². The third kappa shape index (κ3) is 28.6. The van der Waals surface area contributed by atoms with Gasteiger partial charge in [-0.25, -0.2) is 19.2 Å². The van der Waals surface area contributed by atoms with Gasteiger partial charge in [0.1, 0.15) is 30.2 Å². The number of carbonyl (C=O) groups is 11. The van der Waals surface area contributed by atoms with Crippen LogP contribution in [0.5, 0.6) is 0 Å². The highest BCUT2D eigenvalue weighted by molar-refractivity contribution is 7.13. The fraction of sp³-hybridized carbons (Fsp3) is 0.703. The van der Waals surface area contributed by atoms with E-state index in [0.29, 0.717) is 38.5 Å². The van der Waals surface area contributed by atoms with E-state index < -0.39 is 128 Å². The summed E-state index contributed by atoms with van der Waals surface area (Å²) in [5, 5.41) is 69.7. The van der Waals surface area contributed by atoms with Gasteiger partial charge in [-0.3, -0.25) is 38.6 Å². The van der Waals surface area contributed by atoms with Crippen LogP contribution in [0.2, 0.25) is 0 Å². The number of hydrogen-bond donors (Lipinski definition) is 12. The van der Waals surface area contributed by atoms with Crippen LogP contribution in [0.1, 0.15) is 128 Å². The Morgan fingerprint density at radius 3 is 0.984 bits per heavy atom. The molecule has 0 aliphatic carbocycles. The summed E-state index contributed by atoms with van der Waals surface area (Å²) in [6.07, 6.45) is 2.95. The maximum absolute atomic E-state index is 12.5. The SMILES string of the molecule is O=C(O)CCCCCCCCCC(=O)N[C@@H](CCC(=O)N[C@@H](CCC(=O)N[C@@H](CCC(=O)N[C@@H](CCC(=O)NCCCC[C@H](NP)C(=O)O)C(=O)O)C(=O)O)C(=O)O)C(=O)O. The molecule has 24 heteroatoms. The summed E-state index contributed by atoms with van der Waals surface area (Å²) in [6.45, 7) is 0.210. The Kier molecular flexibility index (Phi) is 29.5. The number of carboxylic acids is 6. The molecule has 0 bridgehead atoms. The Morgan fingerprint density at radius 2 is 0.656 bits per heavy atom. The largest absolute Gasteiger partial charge is 0.481 e. The van der Waals surface area contributed by atoms with Crippen LogP contribution < -0.4 is 31.7 Å². The highest BCUT2D eigenvalue weighted by Gasteiger charge is 2.27. The molecule has 0 spiro atoms. The van der Waals surface area contributed by atoms with Crippen LogP contribution in [0, 0.1) is 0 Å². The predicted octanol–water partition coefficient (Wildman–Crippen LogP) is 0.0997. The summed E-state index contributed by atoms with van der Waals surface area (Å²) >= 11 is 0. The topological polar surface area (TPSA) is 381 Å². The Morgan fingerprint density at radius 1 is 0.344 bits per heavy atom. The minimum absolute atomic E-state index is 0.0429. The molecule has 0 saturated carbocycles. The van der Waals surface area contributed by atoms with E-state index in [2.05, 4.69) is 41.1 Å². The molecule has 0 aromatic carbocycles. The summed E-state index contributed by atoms with van der Waals surface area (Å²) in [7, 11) is 2.12. The molecular weight excluding hydrogens is 831 g/mol. The summed E-state index contributed by atoms with van der Waals surface area (Å²) in [5.74, 6) is -11.6. The lowest BCUT2D eigenvalue weighted by molar-refractivity contribution is -0.144. The Bertz CT molecular complexity index is 1500. The second-order valence-electron chi connectivity index (χ2n) is 14.3. The molecule has 0 heterocycles. The molecule has 23 nitrogen and oxygen atoms in total. The summed E-state index contributed by atoms with van der Waals surface area (Å²) < 4.78 is 0. The smallest absolute Gasteiger partial charge is 0.326 e. The van der Waals surface area contributed by atoms with Gasteiger partial charge in [0.2, 0.25) is 29.5 Å². The van der Waals surface area contributed by atoms with Gasteiger partial charge in [-0.05, 0) is 57.8 Å². The molecule has 12 N–H and O–H groups in total. The zero-order chi connectivity index (χ0) is 46.3. The van der Waals surface area contributed by atoms with Crippen molar-refractivity contribution in [3.8, 4) is 0 Å². The minimum atomic E-state index is -1.65. The van der Waals surface area contributed by atoms with Crippen LogP contribution >= 0.6 is 9.39 Å². The van der Waals surface area contributed by atoms with Crippen molar-refractivity contribution in [3.63, 3.8) is 0 Å². The molecule has 5 amide bonds. The summed E-state index contributed by atoms with van der Waals surface area (Å²) in [4.78, 5) is 130. The van der Waals surface area contributed by atoms with Crippen molar-refractivity contribution in [2.24, 2.45) is 0 Å². The van der Waals surface area contributed by atoms with Crippen LogP contribution in [0.3, 0.4) is 0 Å². The van der Waals surface area contributed by atoms with Gasteiger partial charge in [-0.1, -0.05) is 41.5 Å². The minimum Gasteiger partial charge on any atom is -0.481 e. The number of unbranched alkanes of at least 4 members (excludes halogenated alkanes) is 7. The van der Waals surface area contributed by atoms with E-state index in [1.807, 2.05) is 0 Å². The first-order chi connectivity index (χ1) is 28.8. The van der Waals surface area contributed by atoms with Crippen LogP contribution in [-0.4, -0.2) is 133 Å². The Hall–Kier alpha value is -5.44. The molecular formula is C37H61N6O17P. The highest BCUT2D eigenvalue weighted by Crippen LogP contribution is 2.11. The fourth-order valence-corrected chi connectivity index (χ4v) is 6.02. The van der Waals surface area contributed by atoms with E-state index in [4.69, 9.17) is 10.2 Å². The monoisotopic (exact) mass is 892 g/mol. The van der Waals surface area contributed by atoms with Crippen molar-refractivity contribution < 1.29 is 83.4 Å². The van der Waals surface area contributed by atoms with Crippen LogP contribution in [0.25, 0.3) is 0 Å². The number of rotatable bonds is 37. The van der Waals surface area contributed by atoms with Gasteiger partial charge in [0, 0.05) is 45.1 Å². The fourth-order valence-electron chi connectivity index (χ4n) is 5.71. The average Bonchev–Trinajstić information content (AvgIpc) is 3.17. The molecule has 346 valence electrons. The van der Waals surface area contributed by atoms with E-state index >= 15 is 0 Å². The molecule has 0 rings (SSSR count). The quantitative estimate of drug-likeness (QED) is 0.0291. The second-order valence-corrected chi connectivity index (χ2v) is 14.6. The highest BCUT2D eigenvalue weighted by atomic mass is 31.0. The van der Waals surface area contributed by atoms with E-state index in [0.717, 1.165) is 25.7 Å². The summed E-state index contributed by atoms with van der Waals surface area (Å²) in [5.41, 5.74) is 0. The van der Waals surface area contributed by atoms with Crippen molar-refractivity contribution in [1.82, 2.24) is 31.7 Å². The lowest BCUT2D eigenvalue weighted by Crippen LogP contribution is -2.45. The molecule has 0 saturated heterocycles. The third-order valence-corrected chi connectivity index (χ3v) is 9.61. The molecule has 61 heavy (non-hydrogen) atoms. The molecule has 0 aliphatic heterocycles. The summed E-state index contributed by atoms with van der Waals surface area (Å²) in [6, 6.07) is -6.98. The number of hydrogen-bond acceptors (Lipinski definition) is 12. The zero-order valence-electron chi connectivity index (χ0n) is 34.0. The van der Waals surface area contributed by atoms with Gasteiger partial charge in [-0.2, -0.15) is 0 Å². The Balaban J connectivity index is 4.75. The van der Waals surface area contributed by atoms with Crippen LogP contribution in [0.15, 0.2) is 0 Å². The average molecular weight is 893 g/mol. The number of nitrogens with one attached hydrogen (secondary N) is 6. The molecule has 6 atom stereocenters. The first kappa shape index (κ1) is 55.6. The maximum atomic E-state index is 12.5. The lowest BCUT2D eigenvalue weighted by atomic mass is 10.1. The van der Waals surface area contributed by atoms with Crippen molar-refractivity contribution >= 4 is 74.7 Å². The normalized spacial score (nSPS) is 13.3. The lowest BCUT2D eigenvalue weighted by Gasteiger charge is -2.18. The molecule has 0 aromatic heterocycles. The molecule has 0 radical (unpaired) electrons. The van der Waals surface area contributed by atoms with Crippen molar-refractivity contribution in [2.45, 2.75) is 159 Å². The third-order valence-electron chi connectivity index (χ3n) is 9.21. The van der Waals surface area contributed by atoms with Gasteiger partial charge in [0.25, 0.3) is 0 Å². The number of carboxylic acid groups (broad SMARTS) is 6. The maximum Gasteiger partial charge on any atom is 0.326 e. The number of aliphatic carboxylic acids is 6. The van der Waals surface area contributed by atoms with Gasteiger partial charge >= 0.3 is 35.8 Å². The van der Waals surface area contributed by atoms with E-state index in [1.54, 1.807) is 0 Å². The molecule has 0 aliphatic rings. The van der Waals surface area contributed by atoms with E-state index in [-0.39, 0.29) is 38.6 Å². The van der Waals surface area contributed by atoms with Crippen molar-refractivity contribution in [3.05, 3.63) is 0 Å².